The average molecular weight is 300 g/mol. The van der Waals surface area contributed by atoms with Crippen LogP contribution in [0.1, 0.15) is 29.0 Å². The van der Waals surface area contributed by atoms with Crippen molar-refractivity contribution < 1.29 is 9.32 Å². The average Bonchev–Trinajstić information content (AvgIpc) is 3.00. The predicted molar refractivity (Wildman–Crippen MR) is 82.4 cm³/mol. The third-order valence-corrected chi connectivity index (χ3v) is 3.88. The minimum atomic E-state index is -0.1000. The van der Waals surface area contributed by atoms with Gasteiger partial charge in [-0.3, -0.25) is 4.79 Å². The Morgan fingerprint density at radius 2 is 2.32 bits per heavy atom. The molecule has 2 aromatic rings. The monoisotopic (exact) mass is 300 g/mol. The lowest BCUT2D eigenvalue weighted by Gasteiger charge is -2.23. The van der Waals surface area contributed by atoms with E-state index in [2.05, 4.69) is 20.8 Å². The van der Waals surface area contributed by atoms with E-state index >= 15 is 0 Å². The number of hydrogen-bond acceptors (Lipinski definition) is 5. The second kappa shape index (κ2) is 6.70. The second-order valence-electron chi connectivity index (χ2n) is 5.61. The normalized spacial score (nSPS) is 18.1. The van der Waals surface area contributed by atoms with E-state index in [1.807, 2.05) is 18.2 Å². The van der Waals surface area contributed by atoms with Gasteiger partial charge in [-0.1, -0.05) is 17.3 Å². The van der Waals surface area contributed by atoms with Crippen molar-refractivity contribution in [3.8, 4) is 11.5 Å². The van der Waals surface area contributed by atoms with Gasteiger partial charge in [0.25, 0.3) is 11.8 Å². The number of rotatable bonds is 4. The molecule has 1 atom stereocenters. The molecule has 0 radical (unpaired) electrons. The Morgan fingerprint density at radius 3 is 3.05 bits per heavy atom. The van der Waals surface area contributed by atoms with Crippen LogP contribution in [0, 0.1) is 12.8 Å². The van der Waals surface area contributed by atoms with Gasteiger partial charge in [0.2, 0.25) is 0 Å². The lowest BCUT2D eigenvalue weighted by molar-refractivity contribution is 0.0945. The van der Waals surface area contributed by atoms with E-state index in [1.54, 1.807) is 13.0 Å². The molecule has 1 aromatic heterocycles. The summed E-state index contributed by atoms with van der Waals surface area (Å²) in [5.74, 6) is 1.33. The van der Waals surface area contributed by atoms with E-state index in [-0.39, 0.29) is 5.91 Å². The number of nitrogens with zero attached hydrogens (tertiary/aromatic N) is 2. The zero-order chi connectivity index (χ0) is 15.4. The van der Waals surface area contributed by atoms with Gasteiger partial charge in [0.1, 0.15) is 0 Å². The maximum Gasteiger partial charge on any atom is 0.258 e. The zero-order valence-corrected chi connectivity index (χ0v) is 12.6. The van der Waals surface area contributed by atoms with Crippen molar-refractivity contribution in [1.82, 2.24) is 20.8 Å². The van der Waals surface area contributed by atoms with E-state index in [1.165, 1.54) is 6.42 Å². The molecule has 0 aliphatic carbocycles. The van der Waals surface area contributed by atoms with Crippen LogP contribution in [0.2, 0.25) is 0 Å². The fraction of sp³-hybridized carbons (Fsp3) is 0.438. The summed E-state index contributed by atoms with van der Waals surface area (Å²) in [6.45, 7) is 4.48. The van der Waals surface area contributed by atoms with Gasteiger partial charge in [-0.15, -0.1) is 0 Å². The van der Waals surface area contributed by atoms with Crippen LogP contribution < -0.4 is 10.6 Å². The van der Waals surface area contributed by atoms with E-state index in [0.717, 1.165) is 19.5 Å². The van der Waals surface area contributed by atoms with Gasteiger partial charge >= 0.3 is 0 Å². The second-order valence-corrected chi connectivity index (χ2v) is 5.61. The highest BCUT2D eigenvalue weighted by Crippen LogP contribution is 2.22. The third kappa shape index (κ3) is 3.33. The summed E-state index contributed by atoms with van der Waals surface area (Å²) in [6, 6.07) is 7.30. The van der Waals surface area contributed by atoms with Crippen LogP contribution in [0.25, 0.3) is 11.5 Å². The van der Waals surface area contributed by atoms with Crippen LogP contribution in [0.15, 0.2) is 28.8 Å². The summed E-state index contributed by atoms with van der Waals surface area (Å²) >= 11 is 0. The Bertz CT molecular complexity index is 647. The third-order valence-electron chi connectivity index (χ3n) is 3.88. The van der Waals surface area contributed by atoms with Gasteiger partial charge in [-0.25, -0.2) is 0 Å². The maximum absolute atomic E-state index is 12.5. The summed E-state index contributed by atoms with van der Waals surface area (Å²) in [6.07, 6.45) is 2.32. The molecule has 2 N–H and O–H groups in total. The van der Waals surface area contributed by atoms with Crippen molar-refractivity contribution in [3.63, 3.8) is 0 Å². The number of carbonyl (C=O) groups is 1. The standard InChI is InChI=1S/C16H20N4O2/c1-11-19-16(22-20-11)14-7-3-2-6-13(14)15(21)18-10-12-5-4-8-17-9-12/h2-3,6-7,12,17H,4-5,8-10H2,1H3,(H,18,21). The van der Waals surface area contributed by atoms with E-state index in [4.69, 9.17) is 4.52 Å². The lowest BCUT2D eigenvalue weighted by atomic mass is 9.99. The van der Waals surface area contributed by atoms with Gasteiger partial charge in [-0.2, -0.15) is 4.98 Å². The number of aromatic nitrogens is 2. The molecular weight excluding hydrogens is 280 g/mol. The SMILES string of the molecule is Cc1noc(-c2ccccc2C(=O)NCC2CCCNC2)n1. The quantitative estimate of drug-likeness (QED) is 0.899. The molecule has 0 saturated carbocycles. The number of carbonyl (C=O) groups excluding carboxylic acids is 1. The summed E-state index contributed by atoms with van der Waals surface area (Å²) in [4.78, 5) is 16.7. The van der Waals surface area contributed by atoms with Crippen molar-refractivity contribution in [3.05, 3.63) is 35.7 Å². The molecule has 1 unspecified atom stereocenters. The number of aryl methyl sites for hydroxylation is 1. The van der Waals surface area contributed by atoms with Gasteiger partial charge < -0.3 is 15.2 Å². The number of piperidine rings is 1. The topological polar surface area (TPSA) is 80.0 Å². The molecule has 1 amide bonds. The number of amides is 1. The fourth-order valence-corrected chi connectivity index (χ4v) is 2.70. The molecule has 1 fully saturated rings. The molecule has 6 heteroatoms. The van der Waals surface area contributed by atoms with E-state index in [0.29, 0.717) is 35.3 Å². The minimum absolute atomic E-state index is 0.1000. The van der Waals surface area contributed by atoms with Gasteiger partial charge in [0.05, 0.1) is 11.1 Å². The molecule has 22 heavy (non-hydrogen) atoms. The van der Waals surface area contributed by atoms with Gasteiger partial charge in [0, 0.05) is 6.54 Å². The van der Waals surface area contributed by atoms with Crippen LogP contribution in [-0.4, -0.2) is 35.7 Å². The smallest absolute Gasteiger partial charge is 0.258 e. The first kappa shape index (κ1) is 14.7. The highest BCUT2D eigenvalue weighted by molar-refractivity contribution is 5.99. The molecule has 6 nitrogen and oxygen atoms in total. The summed E-state index contributed by atoms with van der Waals surface area (Å²) in [5, 5.41) is 10.2. The molecule has 116 valence electrons. The molecule has 0 spiro atoms. The van der Waals surface area contributed by atoms with Crippen LogP contribution in [0.5, 0.6) is 0 Å². The van der Waals surface area contributed by atoms with E-state index in [9.17, 15) is 4.79 Å². The number of hydrogen-bond donors (Lipinski definition) is 2. The Morgan fingerprint density at radius 1 is 1.45 bits per heavy atom. The Kier molecular flexibility index (Phi) is 4.48. The largest absolute Gasteiger partial charge is 0.352 e. The van der Waals surface area contributed by atoms with Gasteiger partial charge in [0.15, 0.2) is 5.82 Å². The highest BCUT2D eigenvalue weighted by Gasteiger charge is 2.18. The zero-order valence-electron chi connectivity index (χ0n) is 12.6. The summed E-state index contributed by atoms with van der Waals surface area (Å²) in [5.41, 5.74) is 1.23. The molecule has 1 aromatic carbocycles. The fourth-order valence-electron chi connectivity index (χ4n) is 2.70. The highest BCUT2D eigenvalue weighted by atomic mass is 16.5. The number of nitrogens with one attached hydrogen (secondary N) is 2. The first-order valence-corrected chi connectivity index (χ1v) is 7.62. The Balaban J connectivity index is 1.72. The Labute approximate surface area is 129 Å². The van der Waals surface area contributed by atoms with Crippen LogP contribution in [0.4, 0.5) is 0 Å². The van der Waals surface area contributed by atoms with Crippen LogP contribution in [0.3, 0.4) is 0 Å². The summed E-state index contributed by atoms with van der Waals surface area (Å²) in [7, 11) is 0. The number of benzene rings is 1. The van der Waals surface area contributed by atoms with Crippen molar-refractivity contribution >= 4 is 5.91 Å². The molecule has 3 rings (SSSR count). The van der Waals surface area contributed by atoms with Crippen molar-refractivity contribution in [2.24, 2.45) is 5.92 Å². The molecule has 0 bridgehead atoms. The van der Waals surface area contributed by atoms with Gasteiger partial charge in [-0.05, 0) is 50.9 Å². The van der Waals surface area contributed by atoms with Crippen LogP contribution in [-0.2, 0) is 0 Å². The maximum atomic E-state index is 12.5. The van der Waals surface area contributed by atoms with Crippen LogP contribution >= 0.6 is 0 Å². The van der Waals surface area contributed by atoms with Crippen molar-refractivity contribution in [1.29, 1.82) is 0 Å². The predicted octanol–water partition coefficient (Wildman–Crippen LogP) is 1.77. The van der Waals surface area contributed by atoms with Crippen molar-refractivity contribution in [2.75, 3.05) is 19.6 Å². The van der Waals surface area contributed by atoms with Crippen molar-refractivity contribution in [2.45, 2.75) is 19.8 Å². The molecule has 1 saturated heterocycles. The molecule has 2 heterocycles. The molecule has 1 aliphatic rings. The Hall–Kier alpha value is -2.21. The first-order chi connectivity index (χ1) is 10.7. The first-order valence-electron chi connectivity index (χ1n) is 7.62. The van der Waals surface area contributed by atoms with E-state index < -0.39 is 0 Å². The molecule has 1 aliphatic heterocycles. The minimum Gasteiger partial charge on any atom is -0.352 e. The lowest BCUT2D eigenvalue weighted by Crippen LogP contribution is -2.38. The molecular formula is C16H20N4O2. The summed E-state index contributed by atoms with van der Waals surface area (Å²) < 4.78 is 5.18.